The van der Waals surface area contributed by atoms with Gasteiger partial charge in [0.05, 0.1) is 5.92 Å². The molecule has 1 fully saturated rings. The lowest BCUT2D eigenvalue weighted by Gasteiger charge is -2.39. The van der Waals surface area contributed by atoms with Crippen molar-refractivity contribution in [2.45, 2.75) is 12.8 Å². The molecule has 206 valence electrons. The Bertz CT molecular complexity index is 1790. The van der Waals surface area contributed by atoms with Crippen molar-refractivity contribution in [3.63, 3.8) is 0 Å². The van der Waals surface area contributed by atoms with Crippen LogP contribution in [0.15, 0.2) is 125 Å². The zero-order valence-electron chi connectivity index (χ0n) is 22.6. The van der Waals surface area contributed by atoms with E-state index in [1.165, 1.54) is 6.92 Å². The number of benzene rings is 4. The Hall–Kier alpha value is -4.68. The Morgan fingerprint density at radius 3 is 2.02 bits per heavy atom. The molecule has 0 bridgehead atoms. The Morgan fingerprint density at radius 1 is 0.810 bits per heavy atom. The number of esters is 1. The van der Waals surface area contributed by atoms with Gasteiger partial charge in [0.2, 0.25) is 0 Å². The van der Waals surface area contributed by atoms with Gasteiger partial charge in [0, 0.05) is 32.7 Å². The number of Topliss-reactive ketones (excluding diaryl/α,β-unsaturated/α-hetero) is 3. The third-order valence-corrected chi connectivity index (χ3v) is 8.47. The number of hydrogen-bond donors (Lipinski definition) is 0. The lowest BCUT2D eigenvalue weighted by molar-refractivity contribution is -0.143. The van der Waals surface area contributed by atoms with Gasteiger partial charge in [-0.15, -0.1) is 0 Å². The van der Waals surface area contributed by atoms with Crippen LogP contribution in [0.2, 0.25) is 0 Å². The molecule has 0 saturated heterocycles. The minimum atomic E-state index is -2.02. The largest absolute Gasteiger partial charge is 0.425 e. The van der Waals surface area contributed by atoms with Crippen molar-refractivity contribution < 1.29 is 23.9 Å². The van der Waals surface area contributed by atoms with Gasteiger partial charge in [-0.05, 0) is 42.3 Å². The number of carbonyl (C=O) groups excluding carboxylic acids is 4. The molecule has 4 aromatic carbocycles. The van der Waals surface area contributed by atoms with Crippen LogP contribution in [0.5, 0.6) is 5.75 Å². The topological polar surface area (TPSA) is 77.5 Å². The summed E-state index contributed by atoms with van der Waals surface area (Å²) >= 11 is 3.44. The fourth-order valence-corrected chi connectivity index (χ4v) is 6.49. The lowest BCUT2D eigenvalue weighted by atomic mass is 9.63. The third kappa shape index (κ3) is 4.48. The van der Waals surface area contributed by atoms with Crippen molar-refractivity contribution in [1.29, 1.82) is 0 Å². The predicted octanol–water partition coefficient (Wildman–Crippen LogP) is 7.28. The van der Waals surface area contributed by atoms with E-state index in [2.05, 4.69) is 15.9 Å². The van der Waals surface area contributed by atoms with Crippen molar-refractivity contribution in [1.82, 2.24) is 0 Å². The van der Waals surface area contributed by atoms with Crippen molar-refractivity contribution in [3.05, 3.63) is 147 Å². The van der Waals surface area contributed by atoms with Crippen LogP contribution in [0.4, 0.5) is 0 Å². The molecule has 1 saturated carbocycles. The molecule has 1 unspecified atom stereocenters. The summed E-state index contributed by atoms with van der Waals surface area (Å²) in [5.74, 6) is -4.05. The zero-order chi connectivity index (χ0) is 29.4. The predicted molar refractivity (Wildman–Crippen MR) is 164 cm³/mol. The first-order valence-corrected chi connectivity index (χ1v) is 14.3. The van der Waals surface area contributed by atoms with Gasteiger partial charge in [-0.1, -0.05) is 113 Å². The standard InChI is InChI=1S/C36H25BrO5/c1-22(38)28(19-23-11-5-2-6-12-23)31-32-27-18-17-26(37)21-30(27)42-35(41)36(32,34(40)25-15-9-4-10-16-25)29(33(31)39)20-24-13-7-3-8-14-24/h2-21,31-32H,1H3/b28-19-,29-20-/t31-,32?,36+/m0/s1. The van der Waals surface area contributed by atoms with Crippen LogP contribution < -0.4 is 4.74 Å². The van der Waals surface area contributed by atoms with Crippen LogP contribution in [0.25, 0.3) is 12.2 Å². The van der Waals surface area contributed by atoms with E-state index < -0.39 is 34.8 Å². The molecule has 2 aliphatic rings. The summed E-state index contributed by atoms with van der Waals surface area (Å²) in [7, 11) is 0. The molecular weight excluding hydrogens is 592 g/mol. The second-order valence-corrected chi connectivity index (χ2v) is 11.3. The van der Waals surface area contributed by atoms with Crippen LogP contribution in [0.1, 0.15) is 39.9 Å². The van der Waals surface area contributed by atoms with E-state index in [0.717, 1.165) is 5.56 Å². The smallest absolute Gasteiger partial charge is 0.330 e. The molecule has 0 radical (unpaired) electrons. The van der Waals surface area contributed by atoms with Crippen LogP contribution in [0.3, 0.4) is 0 Å². The summed E-state index contributed by atoms with van der Waals surface area (Å²) in [5, 5.41) is 0. The summed E-state index contributed by atoms with van der Waals surface area (Å²) in [4.78, 5) is 57.2. The Labute approximate surface area is 251 Å². The number of ketones is 3. The van der Waals surface area contributed by atoms with Crippen molar-refractivity contribution in [2.75, 3.05) is 0 Å². The van der Waals surface area contributed by atoms with Crippen molar-refractivity contribution in [3.8, 4) is 5.75 Å². The van der Waals surface area contributed by atoms with E-state index >= 15 is 0 Å². The molecule has 6 rings (SSSR count). The average Bonchev–Trinajstić information content (AvgIpc) is 3.25. The molecule has 42 heavy (non-hydrogen) atoms. The molecule has 1 aliphatic heterocycles. The number of allylic oxidation sites excluding steroid dienone is 1. The molecule has 3 atom stereocenters. The molecule has 0 N–H and O–H groups in total. The summed E-state index contributed by atoms with van der Waals surface area (Å²) in [6, 6.07) is 31.9. The number of fused-ring (bicyclic) bond motifs is 3. The third-order valence-electron chi connectivity index (χ3n) is 7.98. The maximum Gasteiger partial charge on any atom is 0.330 e. The van der Waals surface area contributed by atoms with Gasteiger partial charge >= 0.3 is 5.97 Å². The first kappa shape index (κ1) is 27.5. The number of rotatable bonds is 6. The van der Waals surface area contributed by atoms with Gasteiger partial charge in [-0.2, -0.15) is 0 Å². The average molecular weight is 617 g/mol. The summed E-state index contributed by atoms with van der Waals surface area (Å²) in [6.45, 7) is 1.41. The minimum Gasteiger partial charge on any atom is -0.425 e. The molecule has 5 nitrogen and oxygen atoms in total. The quantitative estimate of drug-likeness (QED) is 0.0748. The fraction of sp³-hybridized carbons (Fsp3) is 0.111. The maximum absolute atomic E-state index is 14.7. The molecule has 6 heteroatoms. The molecular formula is C36H25BrO5. The minimum absolute atomic E-state index is 0.0105. The highest BCUT2D eigenvalue weighted by Crippen LogP contribution is 2.62. The van der Waals surface area contributed by atoms with Gasteiger partial charge in [0.15, 0.2) is 22.8 Å². The summed E-state index contributed by atoms with van der Waals surface area (Å²) in [5.41, 5.74) is 0.362. The number of hydrogen-bond acceptors (Lipinski definition) is 5. The van der Waals surface area contributed by atoms with Gasteiger partial charge in [0.25, 0.3) is 0 Å². The molecule has 0 spiro atoms. The molecule has 0 amide bonds. The fourth-order valence-electron chi connectivity index (χ4n) is 6.15. The SMILES string of the molecule is CC(=O)/C(=C/c1ccccc1)[C@@H]1C(=O)/C(=C/c2ccccc2)[C@@]2(C(=O)c3ccccc3)C(=O)Oc3cc(Br)ccc3C12. The zero-order valence-corrected chi connectivity index (χ0v) is 24.2. The van der Waals surface area contributed by atoms with E-state index in [-0.39, 0.29) is 28.2 Å². The van der Waals surface area contributed by atoms with Gasteiger partial charge < -0.3 is 4.74 Å². The van der Waals surface area contributed by atoms with E-state index in [4.69, 9.17) is 4.74 Å². The highest BCUT2D eigenvalue weighted by Gasteiger charge is 2.69. The van der Waals surface area contributed by atoms with Crippen molar-refractivity contribution >= 4 is 51.4 Å². The van der Waals surface area contributed by atoms with E-state index in [1.54, 1.807) is 72.8 Å². The number of carbonyl (C=O) groups is 4. The summed E-state index contributed by atoms with van der Waals surface area (Å²) < 4.78 is 6.58. The van der Waals surface area contributed by atoms with Crippen LogP contribution in [-0.2, 0) is 14.4 Å². The van der Waals surface area contributed by atoms with Gasteiger partial charge in [-0.3, -0.25) is 19.2 Å². The van der Waals surface area contributed by atoms with Crippen LogP contribution in [-0.4, -0.2) is 23.3 Å². The van der Waals surface area contributed by atoms with E-state index in [1.807, 2.05) is 48.5 Å². The Morgan fingerprint density at radius 2 is 1.40 bits per heavy atom. The number of halogens is 1. The normalized spacial score (nSPS) is 22.3. The Balaban J connectivity index is 1.71. The molecule has 1 aliphatic carbocycles. The molecule has 0 aromatic heterocycles. The summed E-state index contributed by atoms with van der Waals surface area (Å²) in [6.07, 6.45) is 3.29. The second-order valence-electron chi connectivity index (χ2n) is 10.4. The van der Waals surface area contributed by atoms with E-state index in [0.29, 0.717) is 15.6 Å². The van der Waals surface area contributed by atoms with Crippen LogP contribution >= 0.6 is 15.9 Å². The first-order valence-electron chi connectivity index (χ1n) is 13.5. The number of ether oxygens (including phenoxy) is 1. The highest BCUT2D eigenvalue weighted by molar-refractivity contribution is 9.10. The Kier molecular flexibility index (Phi) is 7.17. The monoisotopic (exact) mass is 616 g/mol. The van der Waals surface area contributed by atoms with Crippen molar-refractivity contribution in [2.24, 2.45) is 11.3 Å². The van der Waals surface area contributed by atoms with Crippen LogP contribution in [0, 0.1) is 11.3 Å². The van der Waals surface area contributed by atoms with E-state index in [9.17, 15) is 19.2 Å². The highest BCUT2D eigenvalue weighted by atomic mass is 79.9. The maximum atomic E-state index is 14.7. The molecule has 4 aromatic rings. The second kappa shape index (κ2) is 11.0. The van der Waals surface area contributed by atoms with Gasteiger partial charge in [-0.25, -0.2) is 0 Å². The van der Waals surface area contributed by atoms with Gasteiger partial charge in [0.1, 0.15) is 5.75 Å². The lowest BCUT2D eigenvalue weighted by Crippen LogP contribution is -2.49. The first-order chi connectivity index (χ1) is 20.3. The molecule has 1 heterocycles.